The van der Waals surface area contributed by atoms with Crippen molar-refractivity contribution in [2.45, 2.75) is 38.7 Å². The van der Waals surface area contributed by atoms with Gasteiger partial charge in [-0.2, -0.15) is 0 Å². The number of nitrogens with two attached hydrogens (primary N) is 1. The van der Waals surface area contributed by atoms with Crippen molar-refractivity contribution in [1.29, 1.82) is 0 Å². The second-order valence-electron chi connectivity index (χ2n) is 5.27. The van der Waals surface area contributed by atoms with Crippen LogP contribution in [-0.4, -0.2) is 31.1 Å². The molecule has 3 N–H and O–H groups in total. The lowest BCUT2D eigenvalue weighted by molar-refractivity contribution is -0.136. The van der Waals surface area contributed by atoms with E-state index in [2.05, 4.69) is 12.2 Å². The average molecular weight is 308 g/mol. The van der Waals surface area contributed by atoms with Gasteiger partial charge in [0.05, 0.1) is 0 Å². The Bertz CT molecular complexity index is 501. The SMILES string of the molecule is CCCC[C@](C)(OC)C(=O)Nc1ccc(OCC(N)=O)cc1. The van der Waals surface area contributed by atoms with E-state index in [-0.39, 0.29) is 12.5 Å². The van der Waals surface area contributed by atoms with E-state index >= 15 is 0 Å². The molecule has 0 aromatic heterocycles. The van der Waals surface area contributed by atoms with E-state index in [0.717, 1.165) is 12.8 Å². The third kappa shape index (κ3) is 5.37. The summed E-state index contributed by atoms with van der Waals surface area (Å²) in [4.78, 5) is 23.0. The number of hydrogen-bond acceptors (Lipinski definition) is 4. The van der Waals surface area contributed by atoms with E-state index < -0.39 is 11.5 Å². The smallest absolute Gasteiger partial charge is 0.256 e. The number of amides is 2. The first-order valence-electron chi connectivity index (χ1n) is 7.29. The quantitative estimate of drug-likeness (QED) is 0.731. The van der Waals surface area contributed by atoms with Crippen LogP contribution in [0.1, 0.15) is 33.1 Å². The number of nitrogens with one attached hydrogen (secondary N) is 1. The van der Waals surface area contributed by atoms with Crippen LogP contribution >= 0.6 is 0 Å². The van der Waals surface area contributed by atoms with Crippen LogP contribution in [0.3, 0.4) is 0 Å². The lowest BCUT2D eigenvalue weighted by atomic mass is 9.97. The standard InChI is InChI=1S/C16H24N2O4/c1-4-5-10-16(2,21-3)15(20)18-12-6-8-13(9-7-12)22-11-14(17)19/h6-9H,4-5,10-11H2,1-3H3,(H2,17,19)(H,18,20)/t16-/m0/s1. The van der Waals surface area contributed by atoms with Crippen LogP contribution in [0, 0.1) is 0 Å². The van der Waals surface area contributed by atoms with Crippen LogP contribution in [-0.2, 0) is 14.3 Å². The van der Waals surface area contributed by atoms with Gasteiger partial charge < -0.3 is 20.5 Å². The highest BCUT2D eigenvalue weighted by Gasteiger charge is 2.32. The molecule has 0 aliphatic carbocycles. The molecular weight excluding hydrogens is 284 g/mol. The zero-order valence-electron chi connectivity index (χ0n) is 13.3. The van der Waals surface area contributed by atoms with Crippen LogP contribution < -0.4 is 15.8 Å². The molecule has 1 atom stereocenters. The monoisotopic (exact) mass is 308 g/mol. The van der Waals surface area contributed by atoms with Crippen LogP contribution in [0.4, 0.5) is 5.69 Å². The highest BCUT2D eigenvalue weighted by atomic mass is 16.5. The summed E-state index contributed by atoms with van der Waals surface area (Å²) < 4.78 is 10.5. The summed E-state index contributed by atoms with van der Waals surface area (Å²) in [5, 5.41) is 2.82. The number of methoxy groups -OCH3 is 1. The number of carbonyl (C=O) groups is 2. The molecule has 0 bridgehead atoms. The van der Waals surface area contributed by atoms with Crippen molar-refractivity contribution in [3.05, 3.63) is 24.3 Å². The van der Waals surface area contributed by atoms with Gasteiger partial charge in [0, 0.05) is 12.8 Å². The molecule has 6 nitrogen and oxygen atoms in total. The van der Waals surface area contributed by atoms with E-state index in [9.17, 15) is 9.59 Å². The van der Waals surface area contributed by atoms with Gasteiger partial charge in [-0.1, -0.05) is 19.8 Å². The Kier molecular flexibility index (Phi) is 6.85. The minimum atomic E-state index is -0.850. The first-order valence-corrected chi connectivity index (χ1v) is 7.29. The van der Waals surface area contributed by atoms with Crippen molar-refractivity contribution in [2.75, 3.05) is 19.0 Å². The van der Waals surface area contributed by atoms with Gasteiger partial charge in [-0.3, -0.25) is 9.59 Å². The third-order valence-corrected chi connectivity index (χ3v) is 3.43. The molecule has 0 heterocycles. The van der Waals surface area contributed by atoms with E-state index in [4.69, 9.17) is 15.2 Å². The summed E-state index contributed by atoms with van der Waals surface area (Å²) in [6.07, 6.45) is 2.57. The van der Waals surface area contributed by atoms with E-state index in [1.807, 2.05) is 0 Å². The first-order chi connectivity index (χ1) is 10.4. The first kappa shape index (κ1) is 18.0. The summed E-state index contributed by atoms with van der Waals surface area (Å²) in [5.41, 5.74) is 4.79. The van der Waals surface area contributed by atoms with Crippen molar-refractivity contribution in [3.8, 4) is 5.75 Å². The maximum atomic E-state index is 12.3. The largest absolute Gasteiger partial charge is 0.484 e. The Hall–Kier alpha value is -2.08. The fourth-order valence-electron chi connectivity index (χ4n) is 1.87. The van der Waals surface area contributed by atoms with E-state index in [1.54, 1.807) is 31.2 Å². The number of hydrogen-bond donors (Lipinski definition) is 2. The normalized spacial score (nSPS) is 13.2. The number of primary amides is 1. The van der Waals surface area contributed by atoms with Crippen molar-refractivity contribution in [2.24, 2.45) is 5.73 Å². The number of rotatable bonds is 9. The van der Waals surface area contributed by atoms with E-state index in [0.29, 0.717) is 17.9 Å². The predicted molar refractivity (Wildman–Crippen MR) is 84.7 cm³/mol. The number of unbranched alkanes of at least 4 members (excludes halogenated alkanes) is 1. The zero-order valence-corrected chi connectivity index (χ0v) is 13.3. The van der Waals surface area contributed by atoms with Gasteiger partial charge in [0.25, 0.3) is 11.8 Å². The second-order valence-corrected chi connectivity index (χ2v) is 5.27. The number of carbonyl (C=O) groups excluding carboxylic acids is 2. The van der Waals surface area contributed by atoms with Gasteiger partial charge in [-0.05, 0) is 37.6 Å². The van der Waals surface area contributed by atoms with Gasteiger partial charge in [-0.15, -0.1) is 0 Å². The fourth-order valence-corrected chi connectivity index (χ4v) is 1.87. The van der Waals surface area contributed by atoms with Gasteiger partial charge in [0.15, 0.2) is 6.61 Å². The van der Waals surface area contributed by atoms with Crippen molar-refractivity contribution < 1.29 is 19.1 Å². The Balaban J connectivity index is 2.65. The highest BCUT2D eigenvalue weighted by Crippen LogP contribution is 2.22. The number of benzene rings is 1. The van der Waals surface area contributed by atoms with Gasteiger partial charge >= 0.3 is 0 Å². The Morgan fingerprint density at radius 1 is 1.27 bits per heavy atom. The van der Waals surface area contributed by atoms with Gasteiger partial charge in [0.2, 0.25) is 0 Å². The molecule has 2 amide bonds. The molecule has 6 heteroatoms. The molecule has 0 fully saturated rings. The minimum Gasteiger partial charge on any atom is -0.484 e. The van der Waals surface area contributed by atoms with Crippen LogP contribution in [0.2, 0.25) is 0 Å². The van der Waals surface area contributed by atoms with E-state index in [1.165, 1.54) is 7.11 Å². The molecule has 0 spiro atoms. The third-order valence-electron chi connectivity index (χ3n) is 3.43. The zero-order chi connectivity index (χ0) is 16.6. The lowest BCUT2D eigenvalue weighted by Crippen LogP contribution is -2.41. The van der Waals surface area contributed by atoms with Gasteiger partial charge in [0.1, 0.15) is 11.4 Å². The molecule has 0 saturated heterocycles. The van der Waals surface area contributed by atoms with Gasteiger partial charge in [-0.25, -0.2) is 0 Å². The average Bonchev–Trinajstić information content (AvgIpc) is 2.51. The maximum Gasteiger partial charge on any atom is 0.256 e. The number of ether oxygens (including phenoxy) is 2. The van der Waals surface area contributed by atoms with Crippen molar-refractivity contribution >= 4 is 17.5 Å². The Morgan fingerprint density at radius 2 is 1.91 bits per heavy atom. The molecule has 22 heavy (non-hydrogen) atoms. The molecule has 1 aromatic rings. The minimum absolute atomic E-state index is 0.176. The number of anilines is 1. The second kappa shape index (κ2) is 8.38. The fraction of sp³-hybridized carbons (Fsp3) is 0.500. The molecule has 0 radical (unpaired) electrons. The topological polar surface area (TPSA) is 90.7 Å². The summed E-state index contributed by atoms with van der Waals surface area (Å²) in [5.74, 6) is -0.212. The molecule has 0 saturated carbocycles. The summed E-state index contributed by atoms with van der Waals surface area (Å²) >= 11 is 0. The predicted octanol–water partition coefficient (Wildman–Crippen LogP) is 2.08. The Labute approximate surface area is 131 Å². The van der Waals surface area contributed by atoms with Crippen molar-refractivity contribution in [3.63, 3.8) is 0 Å². The summed E-state index contributed by atoms with van der Waals surface area (Å²) in [6, 6.07) is 6.72. The molecule has 0 aliphatic heterocycles. The van der Waals surface area contributed by atoms with Crippen LogP contribution in [0.15, 0.2) is 24.3 Å². The summed E-state index contributed by atoms with van der Waals surface area (Å²) in [6.45, 7) is 3.67. The molecule has 1 aromatic carbocycles. The molecule has 0 aliphatic rings. The molecule has 1 rings (SSSR count). The Morgan fingerprint density at radius 3 is 2.41 bits per heavy atom. The van der Waals surface area contributed by atoms with Crippen molar-refractivity contribution in [1.82, 2.24) is 0 Å². The molecule has 122 valence electrons. The molecule has 0 unspecified atom stereocenters. The summed E-state index contributed by atoms with van der Waals surface area (Å²) in [7, 11) is 1.54. The lowest BCUT2D eigenvalue weighted by Gasteiger charge is -2.26. The molecular formula is C16H24N2O4. The van der Waals surface area contributed by atoms with Crippen LogP contribution in [0.5, 0.6) is 5.75 Å². The highest BCUT2D eigenvalue weighted by molar-refractivity contribution is 5.97. The maximum absolute atomic E-state index is 12.3. The van der Waals surface area contributed by atoms with Crippen LogP contribution in [0.25, 0.3) is 0 Å².